The van der Waals surface area contributed by atoms with Crippen LogP contribution >= 0.6 is 0 Å². The van der Waals surface area contributed by atoms with Gasteiger partial charge in [0.05, 0.1) is 6.04 Å². The molecule has 4 heteroatoms. The molecule has 0 unspecified atom stereocenters. The van der Waals surface area contributed by atoms with E-state index in [2.05, 4.69) is 0 Å². The molecule has 0 rings (SSSR count). The maximum atomic E-state index is 9.94. The lowest BCUT2D eigenvalue weighted by Crippen LogP contribution is -2.21. The quantitative estimate of drug-likeness (QED) is 0.523. The van der Waals surface area contributed by atoms with Gasteiger partial charge in [0, 0.05) is 6.42 Å². The third-order valence-electron chi connectivity index (χ3n) is 1.10. The Morgan fingerprint density at radius 1 is 1.70 bits per heavy atom. The molecule has 0 aliphatic carbocycles. The molecule has 0 amide bonds. The summed E-state index contributed by atoms with van der Waals surface area (Å²) in [6.45, 7) is 0. The summed E-state index contributed by atoms with van der Waals surface area (Å²) in [7, 11) is 0. The molecule has 0 heterocycles. The summed E-state index contributed by atoms with van der Waals surface area (Å²) in [5.41, 5.74) is 5.20. The van der Waals surface area contributed by atoms with E-state index < -0.39 is 12.0 Å². The molecule has 0 spiro atoms. The van der Waals surface area contributed by atoms with Crippen LogP contribution in [0.25, 0.3) is 0 Å². The normalized spacial score (nSPS) is 12.5. The molecule has 0 aliphatic heterocycles. The van der Waals surface area contributed by atoms with E-state index in [9.17, 15) is 9.59 Å². The SMILES string of the molecule is N[C@H](C=O)CCCC(=O)O. The zero-order valence-electron chi connectivity index (χ0n) is 5.62. The van der Waals surface area contributed by atoms with Crippen LogP contribution in [0.15, 0.2) is 0 Å². The topological polar surface area (TPSA) is 80.4 Å². The molecular formula is C6H11NO3. The van der Waals surface area contributed by atoms with Gasteiger partial charge in [-0.15, -0.1) is 0 Å². The van der Waals surface area contributed by atoms with Crippen molar-refractivity contribution >= 4 is 12.3 Å². The highest BCUT2D eigenvalue weighted by Crippen LogP contribution is 1.96. The van der Waals surface area contributed by atoms with Gasteiger partial charge in [-0.2, -0.15) is 0 Å². The second kappa shape index (κ2) is 4.93. The van der Waals surface area contributed by atoms with Gasteiger partial charge in [-0.25, -0.2) is 0 Å². The molecule has 0 aromatic carbocycles. The molecule has 0 saturated carbocycles. The van der Waals surface area contributed by atoms with Crippen molar-refractivity contribution in [2.24, 2.45) is 5.73 Å². The predicted octanol–water partition coefficient (Wildman–Crippen LogP) is -0.233. The van der Waals surface area contributed by atoms with Gasteiger partial charge in [0.15, 0.2) is 0 Å². The number of rotatable bonds is 5. The Morgan fingerprint density at radius 2 is 2.30 bits per heavy atom. The number of hydrogen-bond donors (Lipinski definition) is 2. The molecule has 0 fully saturated rings. The van der Waals surface area contributed by atoms with Crippen LogP contribution in [0.5, 0.6) is 0 Å². The highest BCUT2D eigenvalue weighted by atomic mass is 16.4. The van der Waals surface area contributed by atoms with Gasteiger partial charge >= 0.3 is 5.97 Å². The Labute approximate surface area is 59.0 Å². The van der Waals surface area contributed by atoms with Crippen LogP contribution in [0.3, 0.4) is 0 Å². The first-order valence-corrected chi connectivity index (χ1v) is 3.09. The van der Waals surface area contributed by atoms with E-state index in [0.29, 0.717) is 19.1 Å². The van der Waals surface area contributed by atoms with Gasteiger partial charge in [0.2, 0.25) is 0 Å². The van der Waals surface area contributed by atoms with Crippen molar-refractivity contribution in [1.29, 1.82) is 0 Å². The summed E-state index contributed by atoms with van der Waals surface area (Å²) in [6.07, 6.45) is 1.63. The molecule has 4 nitrogen and oxygen atoms in total. The van der Waals surface area contributed by atoms with Crippen molar-refractivity contribution in [2.75, 3.05) is 0 Å². The van der Waals surface area contributed by atoms with Crippen LogP contribution in [0.1, 0.15) is 19.3 Å². The number of carboxylic acid groups (broad SMARTS) is 1. The van der Waals surface area contributed by atoms with E-state index in [0.717, 1.165) is 0 Å². The number of carbonyl (C=O) groups is 2. The number of carbonyl (C=O) groups excluding carboxylic acids is 1. The highest BCUT2D eigenvalue weighted by Gasteiger charge is 2.01. The number of aldehydes is 1. The Balaban J connectivity index is 3.19. The molecule has 0 aromatic rings. The van der Waals surface area contributed by atoms with Crippen LogP contribution in [0.4, 0.5) is 0 Å². The molecule has 0 saturated heterocycles. The van der Waals surface area contributed by atoms with Crippen molar-refractivity contribution in [3.8, 4) is 0 Å². The van der Waals surface area contributed by atoms with Crippen LogP contribution in [0, 0.1) is 0 Å². The third kappa shape index (κ3) is 5.24. The zero-order valence-corrected chi connectivity index (χ0v) is 5.62. The number of nitrogens with two attached hydrogens (primary N) is 1. The molecule has 0 aliphatic rings. The van der Waals surface area contributed by atoms with Gasteiger partial charge in [0.1, 0.15) is 6.29 Å². The molecule has 0 aromatic heterocycles. The smallest absolute Gasteiger partial charge is 0.303 e. The summed E-state index contributed by atoms with van der Waals surface area (Å²) in [4.78, 5) is 19.8. The van der Waals surface area contributed by atoms with E-state index in [1.807, 2.05) is 0 Å². The standard InChI is InChI=1S/C6H11NO3/c7-5(4-8)2-1-3-6(9)10/h4-5H,1-3,7H2,(H,9,10)/t5-/m0/s1. The second-order valence-electron chi connectivity index (χ2n) is 2.09. The summed E-state index contributed by atoms with van der Waals surface area (Å²) < 4.78 is 0. The maximum absolute atomic E-state index is 9.94. The van der Waals surface area contributed by atoms with Gasteiger partial charge in [-0.05, 0) is 12.8 Å². The van der Waals surface area contributed by atoms with Gasteiger partial charge < -0.3 is 15.6 Å². The first kappa shape index (κ1) is 9.10. The van der Waals surface area contributed by atoms with E-state index in [-0.39, 0.29) is 6.42 Å². The highest BCUT2D eigenvalue weighted by molar-refractivity contribution is 5.66. The third-order valence-corrected chi connectivity index (χ3v) is 1.10. The largest absolute Gasteiger partial charge is 0.481 e. The fourth-order valence-electron chi connectivity index (χ4n) is 0.557. The van der Waals surface area contributed by atoms with E-state index >= 15 is 0 Å². The monoisotopic (exact) mass is 145 g/mol. The Kier molecular flexibility index (Phi) is 4.49. The van der Waals surface area contributed by atoms with Gasteiger partial charge in [-0.1, -0.05) is 0 Å². The van der Waals surface area contributed by atoms with Crippen molar-refractivity contribution in [3.05, 3.63) is 0 Å². The van der Waals surface area contributed by atoms with Crippen molar-refractivity contribution in [1.82, 2.24) is 0 Å². The first-order valence-electron chi connectivity index (χ1n) is 3.09. The van der Waals surface area contributed by atoms with Crippen LogP contribution < -0.4 is 5.73 Å². The van der Waals surface area contributed by atoms with E-state index in [1.54, 1.807) is 0 Å². The zero-order chi connectivity index (χ0) is 7.98. The lowest BCUT2D eigenvalue weighted by Gasteiger charge is -1.99. The van der Waals surface area contributed by atoms with Crippen molar-refractivity contribution < 1.29 is 14.7 Å². The van der Waals surface area contributed by atoms with Crippen molar-refractivity contribution in [2.45, 2.75) is 25.3 Å². The summed E-state index contributed by atoms with van der Waals surface area (Å²) >= 11 is 0. The fourth-order valence-corrected chi connectivity index (χ4v) is 0.557. The average Bonchev–Trinajstić information content (AvgIpc) is 1.87. The minimum atomic E-state index is -0.849. The number of aliphatic carboxylic acids is 1. The second-order valence-corrected chi connectivity index (χ2v) is 2.09. The van der Waals surface area contributed by atoms with Crippen molar-refractivity contribution in [3.63, 3.8) is 0 Å². The van der Waals surface area contributed by atoms with Crippen LogP contribution in [-0.4, -0.2) is 23.4 Å². The first-order chi connectivity index (χ1) is 4.66. The van der Waals surface area contributed by atoms with Crippen LogP contribution in [0.2, 0.25) is 0 Å². The van der Waals surface area contributed by atoms with Crippen LogP contribution in [-0.2, 0) is 9.59 Å². The minimum absolute atomic E-state index is 0.0849. The fraction of sp³-hybridized carbons (Fsp3) is 0.667. The predicted molar refractivity (Wildman–Crippen MR) is 35.5 cm³/mol. The lowest BCUT2D eigenvalue weighted by atomic mass is 10.1. The Hall–Kier alpha value is -0.900. The van der Waals surface area contributed by atoms with E-state index in [1.165, 1.54) is 0 Å². The Bertz CT molecular complexity index is 124. The molecule has 3 N–H and O–H groups in total. The molecule has 10 heavy (non-hydrogen) atoms. The molecule has 58 valence electrons. The molecule has 0 radical (unpaired) electrons. The molecule has 0 bridgehead atoms. The summed E-state index contributed by atoms with van der Waals surface area (Å²) in [5.74, 6) is -0.849. The summed E-state index contributed by atoms with van der Waals surface area (Å²) in [5, 5.41) is 8.17. The number of hydrogen-bond acceptors (Lipinski definition) is 3. The van der Waals surface area contributed by atoms with Gasteiger partial charge in [0.25, 0.3) is 0 Å². The lowest BCUT2D eigenvalue weighted by molar-refractivity contribution is -0.137. The number of carboxylic acids is 1. The molecule has 1 atom stereocenters. The molecular weight excluding hydrogens is 134 g/mol. The van der Waals surface area contributed by atoms with Gasteiger partial charge in [-0.3, -0.25) is 4.79 Å². The maximum Gasteiger partial charge on any atom is 0.303 e. The summed E-state index contributed by atoms with van der Waals surface area (Å²) in [6, 6.07) is -0.501. The minimum Gasteiger partial charge on any atom is -0.481 e. The van der Waals surface area contributed by atoms with E-state index in [4.69, 9.17) is 10.8 Å². The Morgan fingerprint density at radius 3 is 2.70 bits per heavy atom. The average molecular weight is 145 g/mol.